The van der Waals surface area contributed by atoms with Gasteiger partial charge in [-0.1, -0.05) is 0 Å². The maximum atomic E-state index is 4.34. The first-order valence-corrected chi connectivity index (χ1v) is 1.29. The van der Waals surface area contributed by atoms with E-state index in [0.29, 0.717) is 0 Å². The summed E-state index contributed by atoms with van der Waals surface area (Å²) in [5.41, 5.74) is 0. The molecule has 0 spiro atoms. The summed E-state index contributed by atoms with van der Waals surface area (Å²) >= 11 is 0. The Morgan fingerprint density at radius 3 is 1.67 bits per heavy atom. The fraction of sp³-hybridized carbons (Fsp3) is 1.00. The summed E-state index contributed by atoms with van der Waals surface area (Å²) in [4.78, 5) is 0. The Labute approximate surface area is 62.3 Å². The summed E-state index contributed by atoms with van der Waals surface area (Å²) < 4.78 is 8.69. The second-order valence-electron chi connectivity index (χ2n) is 0.568. The van der Waals surface area contributed by atoms with E-state index in [4.69, 9.17) is 0 Å². The largest absolute Gasteiger partial charge is 1.00 e. The topological polar surface area (TPSA) is 18.5 Å². The predicted molar refractivity (Wildman–Crippen MR) is 20.9 cm³/mol. The molecule has 0 aliphatic carbocycles. The maximum absolute atomic E-state index is 4.34. The summed E-state index contributed by atoms with van der Waals surface area (Å²) in [6.45, 7) is 0. The van der Waals surface area contributed by atoms with E-state index in [9.17, 15) is 0 Å². The van der Waals surface area contributed by atoms with Crippen molar-refractivity contribution in [3.8, 4) is 0 Å². The van der Waals surface area contributed by atoms with Crippen molar-refractivity contribution in [3.05, 3.63) is 0 Å². The molecular formula is C2H7BNaO2. The molecule has 0 amide bonds. The normalized spacial score (nSPS) is 6.33. The number of hydrogen-bond acceptors (Lipinski definition) is 2. The molecule has 6 heavy (non-hydrogen) atoms. The smallest absolute Gasteiger partial charge is 1.00 e. The van der Waals surface area contributed by atoms with Gasteiger partial charge in [0, 0.05) is 14.2 Å². The minimum Gasteiger partial charge on any atom is -1.00 e. The standard InChI is InChI=1S/C2H6BO2.Na.H/c1-4-3-5-2;;/h1-2H3;;/q;+1;-1. The van der Waals surface area contributed by atoms with Gasteiger partial charge in [-0.15, -0.1) is 0 Å². The first-order valence-electron chi connectivity index (χ1n) is 1.29. The van der Waals surface area contributed by atoms with Crippen LogP contribution in [0.2, 0.25) is 0 Å². The van der Waals surface area contributed by atoms with E-state index in [1.165, 1.54) is 21.9 Å². The number of rotatable bonds is 2. The summed E-state index contributed by atoms with van der Waals surface area (Å²) in [6, 6.07) is 0. The Morgan fingerprint density at radius 1 is 1.33 bits per heavy atom. The monoisotopic (exact) mass is 97.0 g/mol. The van der Waals surface area contributed by atoms with Crippen LogP contribution < -0.4 is 29.6 Å². The van der Waals surface area contributed by atoms with Gasteiger partial charge in [-0.2, -0.15) is 0 Å². The van der Waals surface area contributed by atoms with E-state index in [2.05, 4.69) is 9.31 Å². The van der Waals surface area contributed by atoms with Gasteiger partial charge in [0.05, 0.1) is 0 Å². The van der Waals surface area contributed by atoms with Crippen LogP contribution >= 0.6 is 0 Å². The van der Waals surface area contributed by atoms with Gasteiger partial charge in [-0.25, -0.2) is 0 Å². The molecule has 0 N–H and O–H groups in total. The Kier molecular flexibility index (Phi) is 15.7. The van der Waals surface area contributed by atoms with E-state index in [0.717, 1.165) is 0 Å². The molecule has 0 fully saturated rings. The van der Waals surface area contributed by atoms with Crippen LogP contribution in [0, 0.1) is 0 Å². The molecule has 31 valence electrons. The van der Waals surface area contributed by atoms with Crippen molar-refractivity contribution in [2.45, 2.75) is 0 Å². The molecule has 0 aliphatic rings. The molecule has 0 rings (SSSR count). The first kappa shape index (κ1) is 10.1. The molecule has 2 nitrogen and oxygen atoms in total. The van der Waals surface area contributed by atoms with E-state index < -0.39 is 0 Å². The molecular weight excluding hydrogens is 89.8 g/mol. The van der Waals surface area contributed by atoms with Crippen LogP contribution in [0.25, 0.3) is 0 Å². The van der Waals surface area contributed by atoms with E-state index in [-0.39, 0.29) is 31.0 Å². The second-order valence-corrected chi connectivity index (χ2v) is 0.568. The predicted octanol–water partition coefficient (Wildman–Crippen LogP) is -3.07. The van der Waals surface area contributed by atoms with Gasteiger partial charge in [-0.3, -0.25) is 0 Å². The minimum atomic E-state index is 0. The van der Waals surface area contributed by atoms with E-state index >= 15 is 0 Å². The van der Waals surface area contributed by atoms with E-state index in [1.807, 2.05) is 0 Å². The van der Waals surface area contributed by atoms with Gasteiger partial charge in [0.25, 0.3) is 0 Å². The average Bonchev–Trinajstić information content (AvgIpc) is 1.41. The van der Waals surface area contributed by atoms with Crippen LogP contribution in [-0.2, 0) is 9.31 Å². The Hall–Kier alpha value is 0.985. The van der Waals surface area contributed by atoms with Crippen LogP contribution in [0.15, 0.2) is 0 Å². The van der Waals surface area contributed by atoms with Crippen molar-refractivity contribution in [1.82, 2.24) is 0 Å². The van der Waals surface area contributed by atoms with Crippen molar-refractivity contribution in [1.29, 1.82) is 0 Å². The van der Waals surface area contributed by atoms with Crippen LogP contribution in [0.5, 0.6) is 0 Å². The average molecular weight is 96.9 g/mol. The van der Waals surface area contributed by atoms with Gasteiger partial charge in [0.15, 0.2) is 0 Å². The number of hydrogen-bond donors (Lipinski definition) is 0. The van der Waals surface area contributed by atoms with Crippen molar-refractivity contribution in [3.63, 3.8) is 0 Å². The maximum Gasteiger partial charge on any atom is 1.00 e. The van der Waals surface area contributed by atoms with E-state index in [1.54, 1.807) is 0 Å². The van der Waals surface area contributed by atoms with Crippen molar-refractivity contribution >= 4 is 7.69 Å². The van der Waals surface area contributed by atoms with Crippen molar-refractivity contribution in [2.24, 2.45) is 0 Å². The zero-order valence-electron chi connectivity index (χ0n) is 5.39. The molecule has 0 aromatic carbocycles. The molecule has 1 radical (unpaired) electrons. The summed E-state index contributed by atoms with van der Waals surface area (Å²) in [7, 11) is 4.31. The molecule has 0 aliphatic heterocycles. The second kappa shape index (κ2) is 9.37. The van der Waals surface area contributed by atoms with Gasteiger partial charge in [0.2, 0.25) is 0 Å². The first-order chi connectivity index (χ1) is 2.41. The fourth-order valence-electron chi connectivity index (χ4n) is 0.0962. The quantitative estimate of drug-likeness (QED) is 0.340. The fourth-order valence-corrected chi connectivity index (χ4v) is 0.0962. The molecule has 0 bridgehead atoms. The zero-order chi connectivity index (χ0) is 4.12. The molecule has 4 heteroatoms. The Morgan fingerprint density at radius 2 is 1.67 bits per heavy atom. The van der Waals surface area contributed by atoms with Crippen molar-refractivity contribution in [2.75, 3.05) is 14.2 Å². The van der Waals surface area contributed by atoms with Gasteiger partial charge in [-0.05, 0) is 0 Å². The SMILES string of the molecule is CO[B]OC.[H-].[Na+]. The molecule has 0 heterocycles. The molecule has 0 unspecified atom stereocenters. The molecule has 0 saturated carbocycles. The molecule has 0 saturated heterocycles. The Bertz CT molecular complexity index is 23.2. The van der Waals surface area contributed by atoms with Crippen LogP contribution in [-0.4, -0.2) is 21.9 Å². The molecule has 0 atom stereocenters. The minimum absolute atomic E-state index is 0. The zero-order valence-corrected chi connectivity index (χ0v) is 6.39. The summed E-state index contributed by atoms with van der Waals surface area (Å²) in [5.74, 6) is 0. The third kappa shape index (κ3) is 8.88. The Balaban J connectivity index is -0.0000000800. The van der Waals surface area contributed by atoms with Crippen LogP contribution in [0.1, 0.15) is 1.43 Å². The van der Waals surface area contributed by atoms with Crippen molar-refractivity contribution < 1.29 is 40.3 Å². The third-order valence-electron chi connectivity index (χ3n) is 0.192. The van der Waals surface area contributed by atoms with Gasteiger partial charge in [0.1, 0.15) is 0 Å². The van der Waals surface area contributed by atoms with Crippen LogP contribution in [0.3, 0.4) is 0 Å². The molecule has 0 aromatic rings. The summed E-state index contributed by atoms with van der Waals surface area (Å²) in [5, 5.41) is 0. The third-order valence-corrected chi connectivity index (χ3v) is 0.192. The molecule has 0 aromatic heterocycles. The summed E-state index contributed by atoms with van der Waals surface area (Å²) in [6.07, 6.45) is 0. The van der Waals surface area contributed by atoms with Crippen LogP contribution in [0.4, 0.5) is 0 Å². The van der Waals surface area contributed by atoms with Gasteiger partial charge < -0.3 is 10.7 Å². The van der Waals surface area contributed by atoms with Gasteiger partial charge >= 0.3 is 37.2 Å².